The molecule has 0 saturated carbocycles. The van der Waals surface area contributed by atoms with Crippen molar-refractivity contribution in [2.24, 2.45) is 0 Å². The van der Waals surface area contributed by atoms with E-state index in [0.717, 1.165) is 19.4 Å². The average Bonchev–Trinajstić information content (AvgIpc) is 3.18. The van der Waals surface area contributed by atoms with Gasteiger partial charge in [-0.2, -0.15) is 0 Å². The molecule has 0 aliphatic carbocycles. The number of amides is 1. The zero-order chi connectivity index (χ0) is 14.5. The Bertz CT molecular complexity index is 604. The summed E-state index contributed by atoms with van der Waals surface area (Å²) in [5.41, 5.74) is 0.216. The standard InChI is InChI=1S/C14H16N4O3.2ClH/c19-13(18-14-17-7-8-20-14)12-11(4-2-6-16-12)21-9-10-3-1-5-15-10;;/h2,4,6-8,10,15H,1,3,5,9H2,(H,17,18,19);2*1H. The monoisotopic (exact) mass is 360 g/mol. The fourth-order valence-corrected chi connectivity index (χ4v) is 2.21. The van der Waals surface area contributed by atoms with Crippen molar-refractivity contribution >= 4 is 36.7 Å². The molecule has 1 aliphatic rings. The molecule has 1 aliphatic heterocycles. The molecule has 2 aromatic rings. The highest BCUT2D eigenvalue weighted by atomic mass is 35.5. The number of carbonyl (C=O) groups is 1. The van der Waals surface area contributed by atoms with Gasteiger partial charge in [-0.3, -0.25) is 10.1 Å². The maximum absolute atomic E-state index is 12.2. The van der Waals surface area contributed by atoms with Gasteiger partial charge in [0.1, 0.15) is 12.9 Å². The molecule has 0 aromatic carbocycles. The topological polar surface area (TPSA) is 89.3 Å². The molecule has 3 heterocycles. The van der Waals surface area contributed by atoms with Crippen LogP contribution in [0.5, 0.6) is 5.75 Å². The zero-order valence-electron chi connectivity index (χ0n) is 12.2. The number of aromatic nitrogens is 2. The Kier molecular flexibility index (Phi) is 7.80. The first-order valence-corrected chi connectivity index (χ1v) is 6.85. The molecule has 1 amide bonds. The van der Waals surface area contributed by atoms with Crippen molar-refractivity contribution < 1.29 is 13.9 Å². The minimum absolute atomic E-state index is 0. The maximum Gasteiger partial charge on any atom is 0.301 e. The molecule has 1 atom stereocenters. The van der Waals surface area contributed by atoms with Gasteiger partial charge in [0.25, 0.3) is 5.91 Å². The summed E-state index contributed by atoms with van der Waals surface area (Å²) in [4.78, 5) is 20.1. The van der Waals surface area contributed by atoms with Crippen molar-refractivity contribution in [1.29, 1.82) is 0 Å². The lowest BCUT2D eigenvalue weighted by Crippen LogP contribution is -2.28. The second-order valence-corrected chi connectivity index (χ2v) is 4.75. The fourth-order valence-electron chi connectivity index (χ4n) is 2.21. The van der Waals surface area contributed by atoms with Gasteiger partial charge in [0.05, 0.1) is 6.20 Å². The minimum atomic E-state index is -0.410. The quantitative estimate of drug-likeness (QED) is 0.850. The van der Waals surface area contributed by atoms with Crippen molar-refractivity contribution in [2.45, 2.75) is 18.9 Å². The molecular weight excluding hydrogens is 343 g/mol. The Morgan fingerprint density at radius 2 is 2.26 bits per heavy atom. The van der Waals surface area contributed by atoms with Crippen molar-refractivity contribution in [1.82, 2.24) is 15.3 Å². The number of pyridine rings is 1. The van der Waals surface area contributed by atoms with E-state index in [1.54, 1.807) is 18.3 Å². The summed E-state index contributed by atoms with van der Waals surface area (Å²) in [6.45, 7) is 1.53. The number of hydrogen-bond donors (Lipinski definition) is 2. The van der Waals surface area contributed by atoms with Gasteiger partial charge in [0, 0.05) is 12.2 Å². The largest absolute Gasteiger partial charge is 0.489 e. The summed E-state index contributed by atoms with van der Waals surface area (Å²) in [6.07, 6.45) is 6.62. The van der Waals surface area contributed by atoms with Gasteiger partial charge in [-0.15, -0.1) is 24.8 Å². The summed E-state index contributed by atoms with van der Waals surface area (Å²) in [5.74, 6) is 0.0442. The lowest BCUT2D eigenvalue weighted by atomic mass is 10.2. The molecule has 126 valence electrons. The number of halogens is 2. The van der Waals surface area contributed by atoms with Crippen LogP contribution in [0.3, 0.4) is 0 Å². The van der Waals surface area contributed by atoms with E-state index in [-0.39, 0.29) is 36.5 Å². The third kappa shape index (κ3) is 5.09. The van der Waals surface area contributed by atoms with Gasteiger partial charge in [0.2, 0.25) is 0 Å². The highest BCUT2D eigenvalue weighted by Gasteiger charge is 2.19. The van der Waals surface area contributed by atoms with E-state index in [1.807, 2.05) is 0 Å². The maximum atomic E-state index is 12.2. The molecule has 3 rings (SSSR count). The van der Waals surface area contributed by atoms with Gasteiger partial charge in [-0.05, 0) is 31.5 Å². The van der Waals surface area contributed by atoms with Crippen LogP contribution in [0.15, 0.2) is 35.2 Å². The number of rotatable bonds is 5. The number of nitrogens with one attached hydrogen (secondary N) is 2. The SMILES string of the molecule is Cl.Cl.O=C(Nc1ncco1)c1ncccc1OCC1CCCN1. The Labute approximate surface area is 146 Å². The van der Waals surface area contributed by atoms with Crippen molar-refractivity contribution in [3.05, 3.63) is 36.5 Å². The first-order chi connectivity index (χ1) is 10.3. The van der Waals surface area contributed by atoms with E-state index in [4.69, 9.17) is 9.15 Å². The smallest absolute Gasteiger partial charge is 0.301 e. The van der Waals surface area contributed by atoms with Gasteiger partial charge < -0.3 is 14.5 Å². The van der Waals surface area contributed by atoms with E-state index in [1.165, 1.54) is 12.5 Å². The van der Waals surface area contributed by atoms with Crippen LogP contribution in [0.4, 0.5) is 6.01 Å². The first kappa shape index (κ1) is 19.2. The number of carbonyl (C=O) groups excluding carboxylic acids is 1. The van der Waals surface area contributed by atoms with Gasteiger partial charge in [0.15, 0.2) is 11.4 Å². The van der Waals surface area contributed by atoms with E-state index in [0.29, 0.717) is 18.4 Å². The van der Waals surface area contributed by atoms with Crippen LogP contribution in [0.2, 0.25) is 0 Å². The van der Waals surface area contributed by atoms with Crippen LogP contribution < -0.4 is 15.4 Å². The van der Waals surface area contributed by atoms with Crippen LogP contribution in [0.25, 0.3) is 0 Å². The van der Waals surface area contributed by atoms with Gasteiger partial charge in [-0.1, -0.05) is 0 Å². The predicted octanol–water partition coefficient (Wildman–Crippen LogP) is 2.30. The summed E-state index contributed by atoms with van der Waals surface area (Å²) in [7, 11) is 0. The predicted molar refractivity (Wildman–Crippen MR) is 89.7 cm³/mol. The molecule has 1 unspecified atom stereocenters. The number of nitrogens with zero attached hydrogens (tertiary/aromatic N) is 2. The van der Waals surface area contributed by atoms with E-state index in [2.05, 4.69) is 20.6 Å². The lowest BCUT2D eigenvalue weighted by Gasteiger charge is -2.13. The van der Waals surface area contributed by atoms with E-state index in [9.17, 15) is 4.79 Å². The average molecular weight is 361 g/mol. The Morgan fingerprint density at radius 3 is 2.96 bits per heavy atom. The number of hydrogen-bond acceptors (Lipinski definition) is 6. The van der Waals surface area contributed by atoms with Crippen LogP contribution in [0, 0.1) is 0 Å². The molecule has 0 bridgehead atoms. The molecular formula is C14H18Cl2N4O3. The number of anilines is 1. The summed E-state index contributed by atoms with van der Waals surface area (Å²) in [6, 6.07) is 3.92. The molecule has 23 heavy (non-hydrogen) atoms. The van der Waals surface area contributed by atoms with Crippen molar-refractivity contribution in [3.63, 3.8) is 0 Å². The molecule has 7 nitrogen and oxygen atoms in total. The second-order valence-electron chi connectivity index (χ2n) is 4.75. The van der Waals surface area contributed by atoms with Gasteiger partial charge in [-0.25, -0.2) is 9.97 Å². The van der Waals surface area contributed by atoms with Gasteiger partial charge >= 0.3 is 6.01 Å². The third-order valence-electron chi connectivity index (χ3n) is 3.24. The molecule has 1 fully saturated rings. The molecule has 9 heteroatoms. The van der Waals surface area contributed by atoms with Crippen LogP contribution in [0.1, 0.15) is 23.3 Å². The Morgan fingerprint density at radius 1 is 1.39 bits per heavy atom. The minimum Gasteiger partial charge on any atom is -0.489 e. The zero-order valence-corrected chi connectivity index (χ0v) is 13.9. The highest BCUT2D eigenvalue weighted by Crippen LogP contribution is 2.18. The molecule has 1 saturated heterocycles. The second kappa shape index (κ2) is 9.34. The summed E-state index contributed by atoms with van der Waals surface area (Å²) in [5, 5.41) is 5.87. The first-order valence-electron chi connectivity index (χ1n) is 6.85. The molecule has 0 radical (unpaired) electrons. The van der Waals surface area contributed by atoms with Crippen molar-refractivity contribution in [3.8, 4) is 5.75 Å². The number of oxazole rings is 1. The summed E-state index contributed by atoms with van der Waals surface area (Å²) < 4.78 is 10.7. The Hall–Kier alpha value is -1.83. The fraction of sp³-hybridized carbons (Fsp3) is 0.357. The third-order valence-corrected chi connectivity index (χ3v) is 3.24. The van der Waals surface area contributed by atoms with Crippen molar-refractivity contribution in [2.75, 3.05) is 18.5 Å². The van der Waals surface area contributed by atoms with E-state index >= 15 is 0 Å². The van der Waals surface area contributed by atoms with Crippen LogP contribution >= 0.6 is 24.8 Å². The van der Waals surface area contributed by atoms with Crippen LogP contribution in [-0.4, -0.2) is 35.1 Å². The highest BCUT2D eigenvalue weighted by molar-refractivity contribution is 6.03. The normalized spacial score (nSPS) is 16.1. The Balaban J connectivity index is 0.00000132. The molecule has 0 spiro atoms. The van der Waals surface area contributed by atoms with Crippen LogP contribution in [-0.2, 0) is 0 Å². The number of ether oxygens (including phenoxy) is 1. The molecule has 2 N–H and O–H groups in total. The lowest BCUT2D eigenvalue weighted by molar-refractivity contribution is 0.101. The molecule has 2 aromatic heterocycles. The van der Waals surface area contributed by atoms with E-state index < -0.39 is 5.91 Å². The summed E-state index contributed by atoms with van der Waals surface area (Å²) >= 11 is 0.